The average Bonchev–Trinajstić information content (AvgIpc) is 2.93. The molecule has 1 aromatic carbocycles. The van der Waals surface area contributed by atoms with Gasteiger partial charge in [-0.2, -0.15) is 4.98 Å². The molecule has 2 aromatic heterocycles. The maximum absolute atomic E-state index is 12.7. The van der Waals surface area contributed by atoms with Crippen LogP contribution in [0.2, 0.25) is 0 Å². The van der Waals surface area contributed by atoms with Gasteiger partial charge in [0, 0.05) is 42.9 Å². The van der Waals surface area contributed by atoms with Gasteiger partial charge in [-0.25, -0.2) is 9.78 Å². The molecular formula is C28H30N4O5. The van der Waals surface area contributed by atoms with Crippen molar-refractivity contribution in [1.82, 2.24) is 19.9 Å². The highest BCUT2D eigenvalue weighted by Crippen LogP contribution is 2.31. The Labute approximate surface area is 215 Å². The number of nitrogens with zero attached hydrogens (tertiary/aromatic N) is 3. The molecule has 2 aliphatic rings. The number of ether oxygens (including phenoxy) is 4. The second kappa shape index (κ2) is 11.9. The van der Waals surface area contributed by atoms with Crippen LogP contribution in [0.15, 0.2) is 47.4 Å². The van der Waals surface area contributed by atoms with Crippen LogP contribution in [0.5, 0.6) is 17.5 Å². The predicted molar refractivity (Wildman–Crippen MR) is 138 cm³/mol. The van der Waals surface area contributed by atoms with Crippen molar-refractivity contribution < 1.29 is 18.9 Å². The van der Waals surface area contributed by atoms with Crippen molar-refractivity contribution >= 4 is 0 Å². The highest BCUT2D eigenvalue weighted by Gasteiger charge is 2.24. The molecule has 1 N–H and O–H groups in total. The summed E-state index contributed by atoms with van der Waals surface area (Å²) in [5.74, 6) is 7.72. The third-order valence-corrected chi connectivity index (χ3v) is 6.10. The van der Waals surface area contributed by atoms with E-state index in [4.69, 9.17) is 18.9 Å². The van der Waals surface area contributed by atoms with Crippen LogP contribution in [-0.2, 0) is 17.7 Å². The van der Waals surface area contributed by atoms with Crippen LogP contribution in [-0.4, -0.2) is 60.2 Å². The topological polar surface area (TPSA) is 96.7 Å². The van der Waals surface area contributed by atoms with E-state index in [0.717, 1.165) is 41.9 Å². The van der Waals surface area contributed by atoms with Crippen LogP contribution >= 0.6 is 0 Å². The Morgan fingerprint density at radius 3 is 3.11 bits per heavy atom. The van der Waals surface area contributed by atoms with Crippen molar-refractivity contribution in [1.29, 1.82) is 0 Å². The van der Waals surface area contributed by atoms with Crippen LogP contribution in [0.25, 0.3) is 11.3 Å². The molecule has 5 rings (SSSR count). The Kier molecular flexibility index (Phi) is 7.99. The van der Waals surface area contributed by atoms with Crippen LogP contribution in [0.4, 0.5) is 0 Å². The Balaban J connectivity index is 1.23. The number of rotatable bonds is 9. The molecule has 37 heavy (non-hydrogen) atoms. The number of aromatic nitrogens is 3. The van der Waals surface area contributed by atoms with Crippen molar-refractivity contribution in [2.24, 2.45) is 0 Å². The first kappa shape index (κ1) is 24.8. The summed E-state index contributed by atoms with van der Waals surface area (Å²) in [7, 11) is 0. The Hall–Kier alpha value is -3.87. The first-order chi connectivity index (χ1) is 18.2. The number of pyridine rings is 1. The number of likely N-dealkylation sites (N-methyl/N-ethyl adjacent to an activating group) is 1. The van der Waals surface area contributed by atoms with Crippen LogP contribution in [0, 0.1) is 11.8 Å². The van der Waals surface area contributed by atoms with E-state index in [9.17, 15) is 4.79 Å². The molecule has 0 fully saturated rings. The zero-order valence-electron chi connectivity index (χ0n) is 20.9. The van der Waals surface area contributed by atoms with E-state index >= 15 is 0 Å². The smallest absolute Gasteiger partial charge is 0.351 e. The van der Waals surface area contributed by atoms with Gasteiger partial charge in [0.05, 0.1) is 18.9 Å². The fourth-order valence-corrected chi connectivity index (χ4v) is 4.29. The minimum absolute atomic E-state index is 0.199. The number of nitrogens with one attached hydrogen (secondary N) is 1. The van der Waals surface area contributed by atoms with E-state index in [2.05, 4.69) is 40.1 Å². The number of fused-ring (bicyclic) bond motifs is 4. The molecule has 0 saturated carbocycles. The van der Waals surface area contributed by atoms with E-state index in [0.29, 0.717) is 44.4 Å². The van der Waals surface area contributed by atoms with E-state index in [1.165, 1.54) is 0 Å². The summed E-state index contributed by atoms with van der Waals surface area (Å²) in [6, 6.07) is 11.5. The summed E-state index contributed by atoms with van der Waals surface area (Å²) in [5.41, 5.74) is 3.56. The molecule has 1 atom stereocenters. The fraction of sp³-hybridized carbons (Fsp3) is 0.393. The lowest BCUT2D eigenvalue weighted by molar-refractivity contribution is 0.0486. The van der Waals surface area contributed by atoms with Gasteiger partial charge in [0.15, 0.2) is 11.9 Å². The second-order valence-corrected chi connectivity index (χ2v) is 8.72. The molecule has 0 spiro atoms. The number of hydrogen-bond donors (Lipinski definition) is 1. The van der Waals surface area contributed by atoms with Crippen molar-refractivity contribution in [2.75, 3.05) is 39.5 Å². The van der Waals surface area contributed by atoms with Gasteiger partial charge in [-0.15, -0.1) is 0 Å². The van der Waals surface area contributed by atoms with E-state index in [1.807, 2.05) is 18.2 Å². The van der Waals surface area contributed by atoms with Gasteiger partial charge >= 0.3 is 5.69 Å². The maximum Gasteiger partial charge on any atom is 0.351 e. The number of aryl methyl sites for hydroxylation is 1. The molecule has 0 radical (unpaired) electrons. The molecule has 0 aliphatic carbocycles. The summed E-state index contributed by atoms with van der Waals surface area (Å²) < 4.78 is 24.6. The van der Waals surface area contributed by atoms with E-state index < -0.39 is 0 Å². The van der Waals surface area contributed by atoms with Crippen molar-refractivity contribution in [3.63, 3.8) is 0 Å². The van der Waals surface area contributed by atoms with Crippen LogP contribution in [0.3, 0.4) is 0 Å². The molecule has 2 aliphatic heterocycles. The van der Waals surface area contributed by atoms with Gasteiger partial charge in [0.25, 0.3) is 5.88 Å². The number of hydrogen-bond acceptors (Lipinski definition) is 8. The molecule has 0 amide bonds. The molecule has 1 unspecified atom stereocenters. The third-order valence-electron chi connectivity index (χ3n) is 6.10. The van der Waals surface area contributed by atoms with Gasteiger partial charge in [0.1, 0.15) is 13.2 Å². The first-order valence-electron chi connectivity index (χ1n) is 12.6. The Morgan fingerprint density at radius 1 is 1.24 bits per heavy atom. The average molecular weight is 503 g/mol. The molecule has 0 bridgehead atoms. The zero-order chi connectivity index (χ0) is 25.5. The summed E-state index contributed by atoms with van der Waals surface area (Å²) in [5, 5.41) is 3.23. The molecule has 192 valence electrons. The fourth-order valence-electron chi connectivity index (χ4n) is 4.29. The monoisotopic (exact) mass is 502 g/mol. The highest BCUT2D eigenvalue weighted by atomic mass is 16.6. The van der Waals surface area contributed by atoms with Gasteiger partial charge in [-0.3, -0.25) is 4.57 Å². The minimum Gasteiger partial charge on any atom is -0.478 e. The summed E-state index contributed by atoms with van der Waals surface area (Å²) >= 11 is 0. The molecule has 0 saturated heterocycles. The van der Waals surface area contributed by atoms with Gasteiger partial charge in [-0.1, -0.05) is 24.8 Å². The lowest BCUT2D eigenvalue weighted by Crippen LogP contribution is -2.35. The standard InChI is InChI=1S/C28H30N4O5/c1-2-29-12-15-34-14-4-3-6-20-8-9-23-21(16-20)10-13-32-24(23)17-26(31-28(32)33)35-18-22-19-36-27-25(37-22)7-5-11-30-27/h5,7-9,11,16-17,22,29H,2,4,10,12-15,18-19H2,1H3. The van der Waals surface area contributed by atoms with Gasteiger partial charge < -0.3 is 24.3 Å². The normalized spacial score (nSPS) is 15.2. The highest BCUT2D eigenvalue weighted by molar-refractivity contribution is 5.67. The number of benzene rings is 1. The second-order valence-electron chi connectivity index (χ2n) is 8.72. The SMILES string of the molecule is CCNCCOCCC#Cc1ccc2c(c1)CCn1c-2cc(OCC2COc3ncccc3O2)nc1=O. The summed E-state index contributed by atoms with van der Waals surface area (Å²) in [6.07, 6.45) is 2.75. The molecule has 4 heterocycles. The Morgan fingerprint density at radius 2 is 2.19 bits per heavy atom. The van der Waals surface area contributed by atoms with E-state index in [-0.39, 0.29) is 24.3 Å². The quantitative estimate of drug-likeness (QED) is 0.352. The third kappa shape index (κ3) is 6.10. The van der Waals surface area contributed by atoms with Crippen molar-refractivity contribution in [2.45, 2.75) is 32.4 Å². The largest absolute Gasteiger partial charge is 0.478 e. The van der Waals surface area contributed by atoms with E-state index in [1.54, 1.807) is 22.9 Å². The molecule has 9 heteroatoms. The zero-order valence-corrected chi connectivity index (χ0v) is 20.9. The predicted octanol–water partition coefficient (Wildman–Crippen LogP) is 2.45. The van der Waals surface area contributed by atoms with Gasteiger partial charge in [-0.05, 0) is 42.8 Å². The first-order valence-corrected chi connectivity index (χ1v) is 12.6. The van der Waals surface area contributed by atoms with Crippen LogP contribution in [0.1, 0.15) is 24.5 Å². The van der Waals surface area contributed by atoms with Crippen molar-refractivity contribution in [3.05, 3.63) is 64.2 Å². The lowest BCUT2D eigenvalue weighted by Gasteiger charge is -2.25. The minimum atomic E-state index is -0.330. The molecular weight excluding hydrogens is 472 g/mol. The molecule has 3 aromatic rings. The maximum atomic E-state index is 12.7. The lowest BCUT2D eigenvalue weighted by atomic mass is 9.95. The van der Waals surface area contributed by atoms with Crippen molar-refractivity contribution in [3.8, 4) is 40.6 Å². The Bertz CT molecular complexity index is 1360. The molecule has 9 nitrogen and oxygen atoms in total. The van der Waals surface area contributed by atoms with Crippen LogP contribution < -0.4 is 25.2 Å². The summed E-state index contributed by atoms with van der Waals surface area (Å²) in [6.45, 7) is 6.27. The van der Waals surface area contributed by atoms with Gasteiger partial charge in [0.2, 0.25) is 5.88 Å². The summed E-state index contributed by atoms with van der Waals surface area (Å²) in [4.78, 5) is 21.0.